The van der Waals surface area contributed by atoms with Crippen molar-refractivity contribution < 1.29 is 0 Å². The molecule has 0 amide bonds. The first-order chi connectivity index (χ1) is 5.86. The first-order valence-electron chi connectivity index (χ1n) is 3.87. The Morgan fingerprint density at radius 1 is 1.50 bits per heavy atom. The molecule has 2 rings (SSSR count). The Morgan fingerprint density at radius 3 is 3.00 bits per heavy atom. The van der Waals surface area contributed by atoms with E-state index in [0.29, 0.717) is 6.04 Å². The van der Waals surface area contributed by atoms with Crippen LogP contribution in [0.5, 0.6) is 0 Å². The second-order valence-electron chi connectivity index (χ2n) is 2.71. The molecule has 1 aliphatic heterocycles. The van der Waals surface area contributed by atoms with Crippen LogP contribution in [-0.4, -0.2) is 6.34 Å². The normalized spacial score (nSPS) is 20.9. The fraction of sp³-hybridized carbons (Fsp3) is 0.222. The van der Waals surface area contributed by atoms with Gasteiger partial charge in [-0.25, -0.2) is 4.99 Å². The summed E-state index contributed by atoms with van der Waals surface area (Å²) in [7, 11) is 0. The number of aliphatic imine (C=N–C) groups is 1. The molecule has 0 spiro atoms. The summed E-state index contributed by atoms with van der Waals surface area (Å²) in [4.78, 5) is 6.64. The highest BCUT2D eigenvalue weighted by molar-refractivity contribution is 7.12. The van der Waals surface area contributed by atoms with Gasteiger partial charge < -0.3 is 5.32 Å². The maximum atomic E-state index is 3.95. The van der Waals surface area contributed by atoms with Crippen LogP contribution in [0.4, 0.5) is 0 Å². The Kier molecular flexibility index (Phi) is 1.96. The lowest BCUT2D eigenvalue weighted by Gasteiger charge is -2.12. The summed E-state index contributed by atoms with van der Waals surface area (Å²) in [5.74, 6) is 0. The van der Waals surface area contributed by atoms with E-state index in [-0.39, 0.29) is 0 Å². The third kappa shape index (κ3) is 1.41. The summed E-state index contributed by atoms with van der Waals surface area (Å²) >= 11 is 1.82. The highest BCUT2D eigenvalue weighted by Gasteiger charge is 2.08. The van der Waals surface area contributed by atoms with Gasteiger partial charge >= 0.3 is 0 Å². The molecule has 0 bridgehead atoms. The molecule has 1 aromatic heterocycles. The fourth-order valence-corrected chi connectivity index (χ4v) is 2.07. The predicted molar refractivity (Wildman–Crippen MR) is 52.6 cm³/mol. The number of thiophene rings is 1. The standard InChI is InChI=1S/C9H10N2S/c1-7-2-3-9(12-7)8-4-5-10-6-11-8/h2-6,8H,1H3,(H,10,11). The van der Waals surface area contributed by atoms with Crippen molar-refractivity contribution in [2.45, 2.75) is 13.0 Å². The van der Waals surface area contributed by atoms with Crippen LogP contribution in [-0.2, 0) is 0 Å². The van der Waals surface area contributed by atoms with Gasteiger partial charge in [-0.3, -0.25) is 0 Å². The van der Waals surface area contributed by atoms with Crippen LogP contribution in [0.2, 0.25) is 0 Å². The predicted octanol–water partition coefficient (Wildman–Crippen LogP) is 2.24. The van der Waals surface area contributed by atoms with Crippen LogP contribution in [0.15, 0.2) is 29.4 Å². The van der Waals surface area contributed by atoms with Crippen LogP contribution >= 0.6 is 11.3 Å². The molecule has 3 heteroatoms. The van der Waals surface area contributed by atoms with Gasteiger partial charge in [0.2, 0.25) is 0 Å². The van der Waals surface area contributed by atoms with Gasteiger partial charge in [0.25, 0.3) is 0 Å². The average molecular weight is 178 g/mol. The molecule has 1 N–H and O–H groups in total. The minimum absolute atomic E-state index is 0.321. The van der Waals surface area contributed by atoms with Crippen molar-refractivity contribution in [3.05, 3.63) is 34.2 Å². The van der Waals surface area contributed by atoms with Crippen molar-refractivity contribution in [1.29, 1.82) is 0 Å². The summed E-state index contributed by atoms with van der Waals surface area (Å²) in [5.41, 5.74) is 0. The molecule has 1 unspecified atom stereocenters. The molecule has 2 nitrogen and oxygen atoms in total. The number of aryl methyl sites for hydroxylation is 1. The van der Waals surface area contributed by atoms with E-state index in [2.05, 4.69) is 35.4 Å². The summed E-state index contributed by atoms with van der Waals surface area (Å²) in [6.07, 6.45) is 5.63. The quantitative estimate of drug-likeness (QED) is 0.700. The third-order valence-electron chi connectivity index (χ3n) is 1.76. The smallest absolute Gasteiger partial charge is 0.0886 e. The lowest BCUT2D eigenvalue weighted by Crippen LogP contribution is -2.18. The number of hydrogen-bond acceptors (Lipinski definition) is 3. The molecule has 12 heavy (non-hydrogen) atoms. The molecule has 0 saturated heterocycles. The Balaban J connectivity index is 2.20. The molecule has 0 fully saturated rings. The molecule has 1 aliphatic rings. The highest BCUT2D eigenvalue weighted by atomic mass is 32.1. The topological polar surface area (TPSA) is 24.4 Å². The van der Waals surface area contributed by atoms with Gasteiger partial charge in [-0.1, -0.05) is 0 Å². The Labute approximate surface area is 75.6 Å². The van der Waals surface area contributed by atoms with E-state index in [4.69, 9.17) is 0 Å². The summed E-state index contributed by atoms with van der Waals surface area (Å²) in [6.45, 7) is 2.12. The second kappa shape index (κ2) is 3.11. The van der Waals surface area contributed by atoms with E-state index < -0.39 is 0 Å². The van der Waals surface area contributed by atoms with Gasteiger partial charge in [0.15, 0.2) is 0 Å². The first kappa shape index (κ1) is 7.55. The Morgan fingerprint density at radius 2 is 2.42 bits per heavy atom. The second-order valence-corrected chi connectivity index (χ2v) is 4.03. The minimum Gasteiger partial charge on any atom is -0.365 e. The number of nitrogens with one attached hydrogen (secondary N) is 1. The summed E-state index contributed by atoms with van der Waals surface area (Å²) in [6, 6.07) is 4.61. The monoisotopic (exact) mass is 178 g/mol. The number of rotatable bonds is 1. The highest BCUT2D eigenvalue weighted by Crippen LogP contribution is 2.23. The number of hydrogen-bond donors (Lipinski definition) is 1. The molecule has 0 aromatic carbocycles. The SMILES string of the molecule is Cc1ccc(C2C=CN=CN2)s1. The van der Waals surface area contributed by atoms with E-state index in [1.165, 1.54) is 9.75 Å². The molecular weight excluding hydrogens is 168 g/mol. The van der Waals surface area contributed by atoms with Crippen LogP contribution in [0.1, 0.15) is 15.8 Å². The van der Waals surface area contributed by atoms with Gasteiger partial charge in [0, 0.05) is 16.0 Å². The molecule has 1 atom stereocenters. The van der Waals surface area contributed by atoms with Crippen molar-refractivity contribution in [2.75, 3.05) is 0 Å². The van der Waals surface area contributed by atoms with Crippen molar-refractivity contribution in [1.82, 2.24) is 5.32 Å². The number of nitrogens with zero attached hydrogens (tertiary/aromatic N) is 1. The Hall–Kier alpha value is -1.09. The lowest BCUT2D eigenvalue weighted by molar-refractivity contribution is 0.807. The van der Waals surface area contributed by atoms with Gasteiger partial charge in [-0.05, 0) is 25.1 Å². The van der Waals surface area contributed by atoms with Crippen molar-refractivity contribution in [2.24, 2.45) is 4.99 Å². The molecule has 0 radical (unpaired) electrons. The molecule has 1 aromatic rings. The van der Waals surface area contributed by atoms with E-state index >= 15 is 0 Å². The van der Waals surface area contributed by atoms with Crippen LogP contribution < -0.4 is 5.32 Å². The fourth-order valence-electron chi connectivity index (χ4n) is 1.16. The maximum absolute atomic E-state index is 3.95. The van der Waals surface area contributed by atoms with Gasteiger partial charge in [-0.2, -0.15) is 0 Å². The first-order valence-corrected chi connectivity index (χ1v) is 4.68. The van der Waals surface area contributed by atoms with Gasteiger partial charge in [-0.15, -0.1) is 11.3 Å². The van der Waals surface area contributed by atoms with E-state index in [0.717, 1.165) is 0 Å². The van der Waals surface area contributed by atoms with E-state index in [1.807, 2.05) is 17.5 Å². The Bertz CT molecular complexity index is 325. The van der Waals surface area contributed by atoms with Crippen LogP contribution in [0, 0.1) is 6.92 Å². The van der Waals surface area contributed by atoms with E-state index in [9.17, 15) is 0 Å². The average Bonchev–Trinajstić information content (AvgIpc) is 2.54. The molecule has 0 saturated carbocycles. The molecular formula is C9H10N2S. The van der Waals surface area contributed by atoms with Crippen LogP contribution in [0.3, 0.4) is 0 Å². The van der Waals surface area contributed by atoms with Crippen LogP contribution in [0.25, 0.3) is 0 Å². The zero-order chi connectivity index (χ0) is 8.39. The van der Waals surface area contributed by atoms with Gasteiger partial charge in [0.05, 0.1) is 12.4 Å². The lowest BCUT2D eigenvalue weighted by atomic mass is 10.2. The maximum Gasteiger partial charge on any atom is 0.0886 e. The van der Waals surface area contributed by atoms with Crippen molar-refractivity contribution in [3.8, 4) is 0 Å². The minimum atomic E-state index is 0.321. The largest absolute Gasteiger partial charge is 0.365 e. The molecule has 0 aliphatic carbocycles. The zero-order valence-corrected chi connectivity index (χ0v) is 7.64. The molecule has 2 heterocycles. The summed E-state index contributed by atoms with van der Waals surface area (Å²) in [5, 5.41) is 3.18. The molecule has 62 valence electrons. The van der Waals surface area contributed by atoms with Crippen molar-refractivity contribution in [3.63, 3.8) is 0 Å². The van der Waals surface area contributed by atoms with Gasteiger partial charge in [0.1, 0.15) is 0 Å². The zero-order valence-electron chi connectivity index (χ0n) is 6.82. The third-order valence-corrected chi connectivity index (χ3v) is 2.84. The summed E-state index contributed by atoms with van der Waals surface area (Å²) < 4.78 is 0. The van der Waals surface area contributed by atoms with Crippen molar-refractivity contribution >= 4 is 17.7 Å². The van der Waals surface area contributed by atoms with E-state index in [1.54, 1.807) is 6.34 Å².